The molecule has 0 aromatic heterocycles. The van der Waals surface area contributed by atoms with Gasteiger partial charge in [-0.05, 0) is 43.3 Å². The number of hydrogen-bond donors (Lipinski definition) is 1. The van der Waals surface area contributed by atoms with E-state index in [2.05, 4.69) is 5.32 Å². The molecule has 1 N–H and O–H groups in total. The summed E-state index contributed by atoms with van der Waals surface area (Å²) in [7, 11) is 0. The third-order valence-corrected chi connectivity index (χ3v) is 2.90. The number of aliphatic carboxylic acids is 1. The number of nitrogens with one attached hydrogen (secondary N) is 1. The van der Waals surface area contributed by atoms with Crippen LogP contribution < -0.4 is 19.9 Å². The van der Waals surface area contributed by atoms with Crippen LogP contribution in [0.15, 0.2) is 54.6 Å². The molecule has 0 spiro atoms. The second kappa shape index (κ2) is 7.84. The topological polar surface area (TPSA) is 87.7 Å². The van der Waals surface area contributed by atoms with E-state index in [1.54, 1.807) is 24.3 Å². The molecule has 6 heteroatoms. The summed E-state index contributed by atoms with van der Waals surface area (Å²) in [4.78, 5) is 22.0. The van der Waals surface area contributed by atoms with E-state index in [0.29, 0.717) is 11.5 Å². The zero-order valence-corrected chi connectivity index (χ0v) is 12.5. The van der Waals surface area contributed by atoms with Gasteiger partial charge in [0.15, 0.2) is 6.61 Å². The van der Waals surface area contributed by atoms with Gasteiger partial charge in [-0.2, -0.15) is 0 Å². The highest BCUT2D eigenvalue weighted by Gasteiger charge is 2.08. The molecular formula is C17H16NO5-. The van der Waals surface area contributed by atoms with Crippen LogP contribution in [0.1, 0.15) is 6.92 Å². The quantitative estimate of drug-likeness (QED) is 0.827. The maximum atomic E-state index is 11.5. The van der Waals surface area contributed by atoms with Crippen molar-refractivity contribution in [2.75, 3.05) is 6.61 Å². The van der Waals surface area contributed by atoms with Crippen molar-refractivity contribution in [3.63, 3.8) is 0 Å². The Labute approximate surface area is 133 Å². The molecule has 2 rings (SSSR count). The zero-order valence-electron chi connectivity index (χ0n) is 12.5. The normalized spacial score (nSPS) is 11.3. The van der Waals surface area contributed by atoms with Crippen LogP contribution >= 0.6 is 0 Å². The highest BCUT2D eigenvalue weighted by atomic mass is 16.5. The van der Waals surface area contributed by atoms with Gasteiger partial charge in [0.25, 0.3) is 5.91 Å². The lowest BCUT2D eigenvalue weighted by molar-refractivity contribution is -0.307. The third-order valence-electron chi connectivity index (χ3n) is 2.90. The second-order valence-electron chi connectivity index (χ2n) is 4.78. The van der Waals surface area contributed by atoms with Crippen molar-refractivity contribution < 1.29 is 24.2 Å². The Morgan fingerprint density at radius 2 is 1.57 bits per heavy atom. The Hall–Kier alpha value is -3.02. The largest absolute Gasteiger partial charge is 0.548 e. The summed E-state index contributed by atoms with van der Waals surface area (Å²) in [6.45, 7) is 1.04. The summed E-state index contributed by atoms with van der Waals surface area (Å²) in [6, 6.07) is 15.0. The highest BCUT2D eigenvalue weighted by Crippen LogP contribution is 2.23. The molecule has 0 aliphatic heterocycles. The summed E-state index contributed by atoms with van der Waals surface area (Å²) in [5.74, 6) is -0.0517. The summed E-state index contributed by atoms with van der Waals surface area (Å²) in [5, 5.41) is 12.8. The first-order valence-electron chi connectivity index (χ1n) is 7.00. The van der Waals surface area contributed by atoms with Crippen LogP contribution in [0.5, 0.6) is 17.2 Å². The van der Waals surface area contributed by atoms with E-state index in [0.717, 1.165) is 5.75 Å². The molecule has 1 amide bonds. The molecule has 0 fully saturated rings. The molecule has 2 aromatic rings. The van der Waals surface area contributed by atoms with Crippen molar-refractivity contribution in [3.05, 3.63) is 54.6 Å². The average Bonchev–Trinajstić information content (AvgIpc) is 2.55. The smallest absolute Gasteiger partial charge is 0.258 e. The number of carboxylic acids is 1. The van der Waals surface area contributed by atoms with Gasteiger partial charge in [0.05, 0.1) is 12.0 Å². The van der Waals surface area contributed by atoms with Gasteiger partial charge in [0.1, 0.15) is 17.2 Å². The van der Waals surface area contributed by atoms with Gasteiger partial charge >= 0.3 is 0 Å². The van der Waals surface area contributed by atoms with E-state index in [9.17, 15) is 14.7 Å². The van der Waals surface area contributed by atoms with E-state index >= 15 is 0 Å². The number of carbonyl (C=O) groups is 2. The Morgan fingerprint density at radius 3 is 2.17 bits per heavy atom. The predicted molar refractivity (Wildman–Crippen MR) is 81.1 cm³/mol. The predicted octanol–water partition coefficient (Wildman–Crippen LogP) is 1.11. The first kappa shape index (κ1) is 16.4. The number of benzene rings is 2. The molecular weight excluding hydrogens is 298 g/mol. The Balaban J connectivity index is 1.83. The highest BCUT2D eigenvalue weighted by molar-refractivity contribution is 5.83. The second-order valence-corrected chi connectivity index (χ2v) is 4.78. The standard InChI is InChI=1S/C17H17NO5/c1-12(17(20)21)18-16(19)11-22-13-7-9-15(10-8-13)23-14-5-3-2-4-6-14/h2-10,12H,11H2,1H3,(H,18,19)(H,20,21)/p-1/t12-/m1/s1. The number of carbonyl (C=O) groups excluding carboxylic acids is 2. The number of carboxylic acid groups (broad SMARTS) is 1. The number of amides is 1. The van der Waals surface area contributed by atoms with Crippen LogP contribution in [0.25, 0.3) is 0 Å². The first-order chi connectivity index (χ1) is 11.0. The maximum Gasteiger partial charge on any atom is 0.258 e. The number of ether oxygens (including phenoxy) is 2. The van der Waals surface area contributed by atoms with E-state index in [-0.39, 0.29) is 6.61 Å². The summed E-state index contributed by atoms with van der Waals surface area (Å²) < 4.78 is 10.9. The SMILES string of the molecule is C[C@@H](NC(=O)COc1ccc(Oc2ccccc2)cc1)C(=O)[O-]. The van der Waals surface area contributed by atoms with Gasteiger partial charge in [-0.3, -0.25) is 4.79 Å². The Bertz CT molecular complexity index is 654. The van der Waals surface area contributed by atoms with Crippen LogP contribution in [0, 0.1) is 0 Å². The van der Waals surface area contributed by atoms with Crippen molar-refractivity contribution in [2.24, 2.45) is 0 Å². The summed E-state index contributed by atoms with van der Waals surface area (Å²) in [6.07, 6.45) is 0. The molecule has 0 aliphatic rings. The fourth-order valence-electron chi connectivity index (χ4n) is 1.72. The molecule has 6 nitrogen and oxygen atoms in total. The Kier molecular flexibility index (Phi) is 5.57. The minimum absolute atomic E-state index is 0.281. The van der Waals surface area contributed by atoms with Crippen LogP contribution in [0.2, 0.25) is 0 Å². The van der Waals surface area contributed by atoms with Crippen LogP contribution in [-0.4, -0.2) is 24.5 Å². The van der Waals surface area contributed by atoms with Crippen molar-refractivity contribution in [3.8, 4) is 17.2 Å². The van der Waals surface area contributed by atoms with Crippen molar-refractivity contribution in [2.45, 2.75) is 13.0 Å². The fourth-order valence-corrected chi connectivity index (χ4v) is 1.72. The lowest BCUT2D eigenvalue weighted by Crippen LogP contribution is -2.47. The number of hydrogen-bond acceptors (Lipinski definition) is 5. The first-order valence-corrected chi connectivity index (χ1v) is 7.00. The molecule has 0 unspecified atom stereocenters. The molecule has 1 atom stereocenters. The van der Waals surface area contributed by atoms with Gasteiger partial charge in [-0.15, -0.1) is 0 Å². The van der Waals surface area contributed by atoms with Crippen LogP contribution in [0.4, 0.5) is 0 Å². The molecule has 23 heavy (non-hydrogen) atoms. The fraction of sp³-hybridized carbons (Fsp3) is 0.176. The van der Waals surface area contributed by atoms with Gasteiger partial charge < -0.3 is 24.7 Å². The van der Waals surface area contributed by atoms with E-state index in [1.807, 2.05) is 30.3 Å². The molecule has 0 saturated heterocycles. The maximum absolute atomic E-state index is 11.5. The van der Waals surface area contributed by atoms with Crippen molar-refractivity contribution in [1.82, 2.24) is 5.32 Å². The lowest BCUT2D eigenvalue weighted by atomic mass is 10.3. The molecule has 0 saturated carbocycles. The summed E-state index contributed by atoms with van der Waals surface area (Å²) >= 11 is 0. The zero-order chi connectivity index (χ0) is 16.7. The van der Waals surface area contributed by atoms with E-state index in [4.69, 9.17) is 9.47 Å². The molecule has 0 heterocycles. The molecule has 0 bridgehead atoms. The van der Waals surface area contributed by atoms with Gasteiger partial charge in [0, 0.05) is 0 Å². The minimum atomic E-state index is -1.35. The monoisotopic (exact) mass is 314 g/mol. The Morgan fingerprint density at radius 1 is 1.00 bits per heavy atom. The molecule has 0 radical (unpaired) electrons. The average molecular weight is 314 g/mol. The van der Waals surface area contributed by atoms with Gasteiger partial charge in [0.2, 0.25) is 0 Å². The van der Waals surface area contributed by atoms with E-state index in [1.165, 1.54) is 6.92 Å². The number of para-hydroxylation sites is 1. The van der Waals surface area contributed by atoms with Crippen LogP contribution in [-0.2, 0) is 9.59 Å². The third kappa shape index (κ3) is 5.35. The number of rotatable bonds is 7. The van der Waals surface area contributed by atoms with Gasteiger partial charge in [-0.1, -0.05) is 18.2 Å². The summed E-state index contributed by atoms with van der Waals surface area (Å²) in [5.41, 5.74) is 0. The van der Waals surface area contributed by atoms with Crippen molar-refractivity contribution >= 4 is 11.9 Å². The van der Waals surface area contributed by atoms with Crippen molar-refractivity contribution in [1.29, 1.82) is 0 Å². The molecule has 2 aromatic carbocycles. The van der Waals surface area contributed by atoms with Gasteiger partial charge in [-0.25, -0.2) is 0 Å². The minimum Gasteiger partial charge on any atom is -0.548 e. The molecule has 120 valence electrons. The van der Waals surface area contributed by atoms with Crippen LogP contribution in [0.3, 0.4) is 0 Å². The van der Waals surface area contributed by atoms with E-state index < -0.39 is 17.9 Å². The lowest BCUT2D eigenvalue weighted by Gasteiger charge is -2.14. The molecule has 0 aliphatic carbocycles.